The number of carbonyl (C=O) groups excluding carboxylic acids is 2. The summed E-state index contributed by atoms with van der Waals surface area (Å²) in [4.78, 5) is 33.0. The van der Waals surface area contributed by atoms with Gasteiger partial charge in [0.15, 0.2) is 0 Å². The van der Waals surface area contributed by atoms with Crippen LogP contribution in [0.3, 0.4) is 0 Å². The molecule has 2 rings (SSSR count). The number of rotatable bonds is 12. The lowest BCUT2D eigenvalue weighted by atomic mass is 9.72. The van der Waals surface area contributed by atoms with Gasteiger partial charge >= 0.3 is 0 Å². The van der Waals surface area contributed by atoms with Gasteiger partial charge in [0.1, 0.15) is 11.4 Å². The summed E-state index contributed by atoms with van der Waals surface area (Å²) in [7, 11) is 4.74. The molecule has 0 bridgehead atoms. The summed E-state index contributed by atoms with van der Waals surface area (Å²) < 4.78 is 6.07. The molecule has 2 atom stereocenters. The smallest absolute Gasteiger partial charge is 0.293 e. The fourth-order valence-electron chi connectivity index (χ4n) is 4.70. The first-order chi connectivity index (χ1) is 17.5. The number of hydrogen-bond donors (Lipinski definition) is 2. The predicted octanol–water partition coefficient (Wildman–Crippen LogP) is 5.40. The van der Waals surface area contributed by atoms with Gasteiger partial charge in [-0.3, -0.25) is 9.59 Å². The number of anilines is 1. The fourth-order valence-corrected chi connectivity index (χ4v) is 4.88. The molecule has 1 aromatic heterocycles. The van der Waals surface area contributed by atoms with Gasteiger partial charge in [-0.15, -0.1) is 9.24 Å². The SMILES string of the molecule is CC(=O)NC(CCCC[B]OC(C)(C)C(C)(C)P)(C(=O)NC(C)(C)C)C1CCN(c2ccc(Cl)cn2)CC1. The molecule has 1 radical (unpaired) electrons. The van der Waals surface area contributed by atoms with Crippen LogP contribution in [0.25, 0.3) is 0 Å². The summed E-state index contributed by atoms with van der Waals surface area (Å²) in [6.45, 7) is 17.4. The molecule has 1 aromatic rings. The zero-order valence-electron chi connectivity index (χ0n) is 24.6. The van der Waals surface area contributed by atoms with Crippen molar-refractivity contribution in [2.75, 3.05) is 18.0 Å². The first-order valence-corrected chi connectivity index (χ1v) is 14.7. The maximum Gasteiger partial charge on any atom is 0.293 e. The van der Waals surface area contributed by atoms with E-state index in [-0.39, 0.29) is 28.5 Å². The van der Waals surface area contributed by atoms with E-state index in [1.54, 1.807) is 6.20 Å². The minimum Gasteiger partial charge on any atom is -0.435 e. The number of piperidine rings is 1. The maximum absolute atomic E-state index is 13.9. The average Bonchev–Trinajstić information content (AvgIpc) is 2.79. The quantitative estimate of drug-likeness (QED) is 0.201. The van der Waals surface area contributed by atoms with E-state index < -0.39 is 11.1 Å². The molecule has 1 saturated heterocycles. The van der Waals surface area contributed by atoms with Gasteiger partial charge in [-0.1, -0.05) is 44.6 Å². The molecule has 2 amide bonds. The molecule has 2 N–H and O–H groups in total. The molecule has 1 aliphatic rings. The van der Waals surface area contributed by atoms with Gasteiger partial charge in [-0.05, 0) is 71.9 Å². The standard InChI is InChI=1S/C28H48BClN4O3P/c1-20(35)32-28(24(36)33-25(2,3)4,15-9-10-16-29-37-26(5,6)27(7,8)38)21-13-17-34(18-14-21)23-12-11-22(30)19-31-23/h11-12,19,21H,9-10,13-18,38H2,1-8H3,(H,32,35)(H,33,36). The predicted molar refractivity (Wildman–Crippen MR) is 162 cm³/mol. The number of nitrogens with zero attached hydrogens (tertiary/aromatic N) is 2. The summed E-state index contributed by atoms with van der Waals surface area (Å²) in [5, 5.41) is 6.85. The van der Waals surface area contributed by atoms with Gasteiger partial charge in [-0.2, -0.15) is 0 Å². The lowest BCUT2D eigenvalue weighted by Crippen LogP contribution is -2.66. The van der Waals surface area contributed by atoms with Gasteiger partial charge in [-0.25, -0.2) is 4.98 Å². The molecule has 2 unspecified atom stereocenters. The van der Waals surface area contributed by atoms with Crippen molar-refractivity contribution < 1.29 is 14.2 Å². The highest BCUT2D eigenvalue weighted by Crippen LogP contribution is 2.36. The minimum atomic E-state index is -0.971. The number of halogens is 1. The Bertz CT molecular complexity index is 926. The Labute approximate surface area is 238 Å². The van der Waals surface area contributed by atoms with E-state index in [9.17, 15) is 9.59 Å². The number of nitrogens with one attached hydrogen (secondary N) is 2. The Morgan fingerprint density at radius 1 is 1.11 bits per heavy atom. The van der Waals surface area contributed by atoms with Crippen molar-refractivity contribution in [3.05, 3.63) is 23.4 Å². The third-order valence-corrected chi connectivity index (χ3v) is 8.51. The second kappa shape index (κ2) is 13.3. The Balaban J connectivity index is 2.14. The maximum atomic E-state index is 13.9. The lowest BCUT2D eigenvalue weighted by molar-refractivity contribution is -0.137. The van der Waals surface area contributed by atoms with Crippen molar-refractivity contribution >= 4 is 46.0 Å². The summed E-state index contributed by atoms with van der Waals surface area (Å²) in [5.74, 6) is 0.600. The van der Waals surface area contributed by atoms with Crippen molar-refractivity contribution in [2.45, 2.75) is 116 Å². The highest BCUT2D eigenvalue weighted by atomic mass is 35.5. The molecule has 0 saturated carbocycles. The van der Waals surface area contributed by atoms with Gasteiger partial charge in [0, 0.05) is 36.9 Å². The summed E-state index contributed by atoms with van der Waals surface area (Å²) in [5.41, 5.74) is -1.69. The molecule has 0 spiro atoms. The van der Waals surface area contributed by atoms with Crippen LogP contribution < -0.4 is 15.5 Å². The zero-order valence-corrected chi connectivity index (χ0v) is 26.5. The first-order valence-electron chi connectivity index (χ1n) is 13.7. The normalized spacial score (nSPS) is 17.1. The highest BCUT2D eigenvalue weighted by molar-refractivity contribution is 7.19. The molecule has 7 nitrogen and oxygen atoms in total. The van der Waals surface area contributed by atoms with Crippen molar-refractivity contribution in [1.82, 2.24) is 15.6 Å². The van der Waals surface area contributed by atoms with Crippen LogP contribution in [0.2, 0.25) is 11.3 Å². The molecule has 0 aliphatic carbocycles. The molecule has 10 heteroatoms. The van der Waals surface area contributed by atoms with E-state index in [0.717, 1.165) is 50.9 Å². The molecule has 213 valence electrons. The van der Waals surface area contributed by atoms with Crippen LogP contribution in [0.15, 0.2) is 18.3 Å². The number of amides is 2. The van der Waals surface area contributed by atoms with E-state index in [1.165, 1.54) is 6.92 Å². The van der Waals surface area contributed by atoms with Crippen LogP contribution in [0.5, 0.6) is 0 Å². The van der Waals surface area contributed by atoms with Crippen LogP contribution >= 0.6 is 20.8 Å². The third-order valence-electron chi connectivity index (χ3n) is 7.59. The van der Waals surface area contributed by atoms with E-state index in [1.807, 2.05) is 40.4 Å². The molecule has 38 heavy (non-hydrogen) atoms. The van der Waals surface area contributed by atoms with Crippen molar-refractivity contribution in [1.29, 1.82) is 0 Å². The Kier molecular flexibility index (Phi) is 11.5. The number of carbonyl (C=O) groups is 2. The van der Waals surface area contributed by atoms with Gasteiger partial charge in [0.05, 0.1) is 10.6 Å². The van der Waals surface area contributed by atoms with E-state index >= 15 is 0 Å². The highest BCUT2D eigenvalue weighted by Gasteiger charge is 2.47. The van der Waals surface area contributed by atoms with Crippen LogP contribution in [-0.4, -0.2) is 59.2 Å². The molecule has 1 fully saturated rings. The van der Waals surface area contributed by atoms with E-state index in [2.05, 4.69) is 57.5 Å². The molecule has 0 aromatic carbocycles. The van der Waals surface area contributed by atoms with E-state index in [0.29, 0.717) is 11.4 Å². The number of pyridine rings is 1. The van der Waals surface area contributed by atoms with Gasteiger partial charge in [0.2, 0.25) is 11.8 Å². The van der Waals surface area contributed by atoms with Crippen molar-refractivity contribution in [2.24, 2.45) is 5.92 Å². The van der Waals surface area contributed by atoms with Crippen molar-refractivity contribution in [3.63, 3.8) is 0 Å². The third kappa shape index (κ3) is 9.38. The van der Waals surface area contributed by atoms with Gasteiger partial charge < -0.3 is 20.2 Å². The zero-order chi connectivity index (χ0) is 28.8. The second-order valence-corrected chi connectivity index (χ2v) is 14.6. The summed E-state index contributed by atoms with van der Waals surface area (Å²) >= 11 is 6.02. The molecule has 2 heterocycles. The van der Waals surface area contributed by atoms with Gasteiger partial charge in [0.25, 0.3) is 7.48 Å². The fraction of sp³-hybridized carbons (Fsp3) is 0.750. The average molecular weight is 566 g/mol. The monoisotopic (exact) mass is 565 g/mol. The van der Waals surface area contributed by atoms with E-state index in [4.69, 9.17) is 16.3 Å². The Morgan fingerprint density at radius 2 is 1.74 bits per heavy atom. The topological polar surface area (TPSA) is 83.6 Å². The Hall–Kier alpha value is -1.37. The number of aromatic nitrogens is 1. The first kappa shape index (κ1) is 32.8. The van der Waals surface area contributed by atoms with Crippen LogP contribution in [-0.2, 0) is 14.2 Å². The minimum absolute atomic E-state index is 0.00868. The molecular weight excluding hydrogens is 518 g/mol. The molecular formula is C28H48BClN4O3P. The summed E-state index contributed by atoms with van der Waals surface area (Å²) in [6.07, 6.45) is 6.21. The molecule has 1 aliphatic heterocycles. The number of hydrogen-bond acceptors (Lipinski definition) is 5. The second-order valence-electron chi connectivity index (χ2n) is 12.7. The van der Waals surface area contributed by atoms with Crippen molar-refractivity contribution in [3.8, 4) is 0 Å². The van der Waals surface area contributed by atoms with Crippen LogP contribution in [0.4, 0.5) is 5.82 Å². The lowest BCUT2D eigenvalue weighted by Gasteiger charge is -2.45. The largest absolute Gasteiger partial charge is 0.435 e. The number of unbranched alkanes of at least 4 members (excludes halogenated alkanes) is 1. The van der Waals surface area contributed by atoms with Crippen LogP contribution in [0.1, 0.15) is 87.5 Å². The van der Waals surface area contributed by atoms with Crippen LogP contribution in [0, 0.1) is 5.92 Å². The summed E-state index contributed by atoms with van der Waals surface area (Å²) in [6, 6.07) is 3.77. The Morgan fingerprint density at radius 3 is 2.24 bits per heavy atom.